The number of anilines is 2. The fraction of sp³-hybridized carbons (Fsp3) is 0.143. The quantitative estimate of drug-likeness (QED) is 0.829. The molecular weight excluding hydrogens is 340 g/mol. The highest BCUT2D eigenvalue weighted by molar-refractivity contribution is 9.10. The van der Waals surface area contributed by atoms with Crippen molar-refractivity contribution in [2.45, 2.75) is 18.7 Å². The molecule has 0 fully saturated rings. The number of sulfonamides is 1. The maximum Gasteiger partial charge on any atom is 0.263 e. The van der Waals surface area contributed by atoms with Crippen LogP contribution in [0.5, 0.6) is 0 Å². The number of nitrogens with one attached hydrogen (secondary N) is 1. The Kier molecular flexibility index (Phi) is 4.06. The van der Waals surface area contributed by atoms with E-state index in [1.165, 1.54) is 6.07 Å². The fourth-order valence-corrected chi connectivity index (χ4v) is 3.87. The minimum absolute atomic E-state index is 0.178. The van der Waals surface area contributed by atoms with Gasteiger partial charge in [0, 0.05) is 4.47 Å². The Morgan fingerprint density at radius 3 is 2.35 bits per heavy atom. The second-order valence-electron chi connectivity index (χ2n) is 4.56. The number of hydrogen-bond donors (Lipinski definition) is 2. The van der Waals surface area contributed by atoms with Crippen LogP contribution >= 0.6 is 15.9 Å². The first-order valence-corrected chi connectivity index (χ1v) is 8.23. The highest BCUT2D eigenvalue weighted by Crippen LogP contribution is 2.28. The van der Waals surface area contributed by atoms with Crippen molar-refractivity contribution in [1.82, 2.24) is 0 Å². The first-order valence-electron chi connectivity index (χ1n) is 5.95. The van der Waals surface area contributed by atoms with E-state index in [1.54, 1.807) is 30.3 Å². The molecule has 2 aromatic carbocycles. The van der Waals surface area contributed by atoms with Gasteiger partial charge in [0.25, 0.3) is 10.0 Å². The lowest BCUT2D eigenvalue weighted by Gasteiger charge is -2.13. The number of halogens is 1. The van der Waals surface area contributed by atoms with E-state index in [-0.39, 0.29) is 4.90 Å². The van der Waals surface area contributed by atoms with Gasteiger partial charge in [-0.05, 0) is 65.2 Å². The molecule has 0 aromatic heterocycles. The summed E-state index contributed by atoms with van der Waals surface area (Å²) in [6, 6.07) is 10.1. The molecule has 0 saturated heterocycles. The van der Waals surface area contributed by atoms with Crippen LogP contribution in [-0.4, -0.2) is 8.42 Å². The predicted octanol–water partition coefficient (Wildman–Crippen LogP) is 3.45. The minimum Gasteiger partial charge on any atom is -0.397 e. The van der Waals surface area contributed by atoms with Gasteiger partial charge in [-0.2, -0.15) is 0 Å². The highest BCUT2D eigenvalue weighted by atomic mass is 79.9. The molecule has 4 nitrogen and oxygen atoms in total. The SMILES string of the molecule is Cc1cc(N)c(NS(=O)(=O)c2ccccc2Br)cc1C. The molecule has 3 N–H and O–H groups in total. The third kappa shape index (κ3) is 2.96. The number of benzene rings is 2. The van der Waals surface area contributed by atoms with Gasteiger partial charge >= 0.3 is 0 Å². The van der Waals surface area contributed by atoms with Crippen LogP contribution in [0.15, 0.2) is 45.8 Å². The van der Waals surface area contributed by atoms with Crippen LogP contribution in [0.1, 0.15) is 11.1 Å². The number of nitrogen functional groups attached to an aromatic ring is 1. The first-order chi connectivity index (χ1) is 9.31. The third-order valence-electron chi connectivity index (χ3n) is 3.04. The highest BCUT2D eigenvalue weighted by Gasteiger charge is 2.18. The molecule has 0 bridgehead atoms. The summed E-state index contributed by atoms with van der Waals surface area (Å²) in [5.41, 5.74) is 8.67. The molecule has 0 aliphatic rings. The predicted molar refractivity (Wildman–Crippen MR) is 85.3 cm³/mol. The Balaban J connectivity index is 2.44. The average Bonchev–Trinajstić information content (AvgIpc) is 2.36. The zero-order chi connectivity index (χ0) is 14.9. The second-order valence-corrected chi connectivity index (χ2v) is 7.06. The molecule has 0 unspecified atom stereocenters. The lowest BCUT2D eigenvalue weighted by atomic mass is 10.1. The van der Waals surface area contributed by atoms with Crippen LogP contribution < -0.4 is 10.5 Å². The molecule has 0 radical (unpaired) electrons. The van der Waals surface area contributed by atoms with Gasteiger partial charge in [-0.1, -0.05) is 12.1 Å². The van der Waals surface area contributed by atoms with Crippen LogP contribution in [0.2, 0.25) is 0 Å². The molecular formula is C14H15BrN2O2S. The van der Waals surface area contributed by atoms with Crippen LogP contribution in [-0.2, 0) is 10.0 Å². The molecule has 2 rings (SSSR count). The number of nitrogens with two attached hydrogens (primary N) is 1. The molecule has 0 amide bonds. The number of hydrogen-bond acceptors (Lipinski definition) is 3. The van der Waals surface area contributed by atoms with E-state index in [2.05, 4.69) is 20.7 Å². The van der Waals surface area contributed by atoms with E-state index < -0.39 is 10.0 Å². The van der Waals surface area contributed by atoms with E-state index in [4.69, 9.17) is 5.73 Å². The smallest absolute Gasteiger partial charge is 0.263 e. The van der Waals surface area contributed by atoms with Crippen molar-refractivity contribution in [2.24, 2.45) is 0 Å². The monoisotopic (exact) mass is 354 g/mol. The average molecular weight is 355 g/mol. The second kappa shape index (κ2) is 5.46. The van der Waals surface area contributed by atoms with E-state index in [0.29, 0.717) is 15.8 Å². The van der Waals surface area contributed by atoms with Crippen molar-refractivity contribution in [1.29, 1.82) is 0 Å². The standard InChI is InChI=1S/C14H15BrN2O2S/c1-9-7-12(16)13(8-10(9)2)17-20(18,19)14-6-4-3-5-11(14)15/h3-8,17H,16H2,1-2H3. The Morgan fingerprint density at radius 2 is 1.70 bits per heavy atom. The summed E-state index contributed by atoms with van der Waals surface area (Å²) in [7, 11) is -3.67. The van der Waals surface area contributed by atoms with E-state index in [1.807, 2.05) is 13.8 Å². The Hall–Kier alpha value is -1.53. The number of aryl methyl sites for hydroxylation is 2. The molecule has 0 atom stereocenters. The lowest BCUT2D eigenvalue weighted by molar-refractivity contribution is 0.601. The van der Waals surface area contributed by atoms with E-state index in [9.17, 15) is 8.42 Å². The molecule has 20 heavy (non-hydrogen) atoms. The molecule has 106 valence electrons. The minimum atomic E-state index is -3.67. The number of rotatable bonds is 3. The van der Waals surface area contributed by atoms with Gasteiger partial charge in [0.2, 0.25) is 0 Å². The van der Waals surface area contributed by atoms with Crippen molar-refractivity contribution in [3.05, 3.63) is 52.0 Å². The molecule has 0 heterocycles. The van der Waals surface area contributed by atoms with Crippen molar-refractivity contribution in [3.8, 4) is 0 Å². The van der Waals surface area contributed by atoms with Crippen molar-refractivity contribution in [3.63, 3.8) is 0 Å². The Labute approximate surface area is 127 Å². The van der Waals surface area contributed by atoms with Crippen LogP contribution in [0.4, 0.5) is 11.4 Å². The van der Waals surface area contributed by atoms with Gasteiger partial charge in [-0.15, -0.1) is 0 Å². The lowest BCUT2D eigenvalue weighted by Crippen LogP contribution is -2.15. The summed E-state index contributed by atoms with van der Waals surface area (Å²) in [5, 5.41) is 0. The summed E-state index contributed by atoms with van der Waals surface area (Å²) < 4.78 is 27.8. The van der Waals surface area contributed by atoms with Crippen molar-refractivity contribution in [2.75, 3.05) is 10.5 Å². The van der Waals surface area contributed by atoms with E-state index in [0.717, 1.165) is 11.1 Å². The van der Waals surface area contributed by atoms with Crippen LogP contribution in [0.3, 0.4) is 0 Å². The maximum absolute atomic E-state index is 12.4. The van der Waals surface area contributed by atoms with Crippen LogP contribution in [0.25, 0.3) is 0 Å². The summed E-state index contributed by atoms with van der Waals surface area (Å²) in [5.74, 6) is 0. The van der Waals surface area contributed by atoms with Crippen molar-refractivity contribution >= 4 is 37.3 Å². The van der Waals surface area contributed by atoms with Gasteiger partial charge in [-0.25, -0.2) is 8.42 Å². The molecule has 0 spiro atoms. The van der Waals surface area contributed by atoms with Gasteiger partial charge in [0.05, 0.1) is 11.4 Å². The maximum atomic E-state index is 12.4. The van der Waals surface area contributed by atoms with Gasteiger partial charge < -0.3 is 5.73 Å². The van der Waals surface area contributed by atoms with Gasteiger partial charge in [0.15, 0.2) is 0 Å². The summed E-state index contributed by atoms with van der Waals surface area (Å²) in [4.78, 5) is 0.178. The molecule has 0 aliphatic carbocycles. The zero-order valence-electron chi connectivity index (χ0n) is 11.1. The largest absolute Gasteiger partial charge is 0.397 e. The summed E-state index contributed by atoms with van der Waals surface area (Å²) in [6.45, 7) is 3.84. The zero-order valence-corrected chi connectivity index (χ0v) is 13.5. The Morgan fingerprint density at radius 1 is 1.10 bits per heavy atom. The van der Waals surface area contributed by atoms with E-state index >= 15 is 0 Å². The van der Waals surface area contributed by atoms with Gasteiger partial charge in [0.1, 0.15) is 4.90 Å². The summed E-state index contributed by atoms with van der Waals surface area (Å²) >= 11 is 3.24. The summed E-state index contributed by atoms with van der Waals surface area (Å²) in [6.07, 6.45) is 0. The van der Waals surface area contributed by atoms with Crippen LogP contribution in [0, 0.1) is 13.8 Å². The molecule has 0 aliphatic heterocycles. The van der Waals surface area contributed by atoms with Gasteiger partial charge in [-0.3, -0.25) is 4.72 Å². The third-order valence-corrected chi connectivity index (χ3v) is 5.41. The Bertz CT molecular complexity index is 758. The van der Waals surface area contributed by atoms with Crippen molar-refractivity contribution < 1.29 is 8.42 Å². The fourth-order valence-electron chi connectivity index (χ4n) is 1.79. The normalized spacial score (nSPS) is 11.3. The topological polar surface area (TPSA) is 72.2 Å². The molecule has 2 aromatic rings. The molecule has 0 saturated carbocycles. The molecule has 6 heteroatoms. The first kappa shape index (κ1) is 14.9.